The van der Waals surface area contributed by atoms with Crippen molar-refractivity contribution in [2.75, 3.05) is 4.90 Å². The Balaban J connectivity index is 1.08. The minimum atomic E-state index is -0.563. The predicted molar refractivity (Wildman–Crippen MR) is 265 cm³/mol. The van der Waals surface area contributed by atoms with E-state index in [0.717, 1.165) is 22.9 Å². The minimum absolute atomic E-state index is 0.132. The van der Waals surface area contributed by atoms with Crippen LogP contribution in [0.4, 0.5) is 17.1 Å². The van der Waals surface area contributed by atoms with E-state index < -0.39 is 5.41 Å². The average molecular weight is 830 g/mol. The fourth-order valence-electron chi connectivity index (χ4n) is 13.1. The van der Waals surface area contributed by atoms with E-state index in [-0.39, 0.29) is 5.41 Å². The van der Waals surface area contributed by atoms with Gasteiger partial charge in [-0.15, -0.1) is 0 Å². The molecule has 0 saturated heterocycles. The van der Waals surface area contributed by atoms with Crippen molar-refractivity contribution < 1.29 is 4.74 Å². The zero-order chi connectivity index (χ0) is 42.6. The largest absolute Gasteiger partial charge is 0.457 e. The van der Waals surface area contributed by atoms with E-state index in [1.165, 1.54) is 147 Å². The van der Waals surface area contributed by atoms with Crippen LogP contribution in [-0.2, 0) is 10.8 Å². The third-order valence-electron chi connectivity index (χ3n) is 16.3. The Kier molecular flexibility index (Phi) is 8.68. The van der Waals surface area contributed by atoms with Gasteiger partial charge in [0.05, 0.1) is 11.1 Å². The fraction of sp³-hybridized carbons (Fsp3) is 0.258. The van der Waals surface area contributed by atoms with Crippen LogP contribution in [0.1, 0.15) is 134 Å². The SMILES string of the molecule is CC1(C)c2ccccc2-c2ccc(N(c3ccc4c(c3)C3(c5ccccc5O4)c4cc(C5CCCCC5)ccc4-c4ccc(C5CCCCC5)cc43)c3cccc4ccccc34)cc21. The molecule has 314 valence electrons. The van der Waals surface area contributed by atoms with Gasteiger partial charge in [0.1, 0.15) is 11.5 Å². The molecule has 0 bridgehead atoms. The number of rotatable bonds is 5. The summed E-state index contributed by atoms with van der Waals surface area (Å²) in [7, 11) is 0. The second kappa shape index (κ2) is 14.6. The zero-order valence-corrected chi connectivity index (χ0v) is 37.2. The van der Waals surface area contributed by atoms with Gasteiger partial charge in [0.15, 0.2) is 0 Å². The van der Waals surface area contributed by atoms with Crippen molar-refractivity contribution in [2.45, 2.75) is 101 Å². The molecule has 13 rings (SSSR count). The summed E-state index contributed by atoms with van der Waals surface area (Å²) < 4.78 is 7.11. The summed E-state index contributed by atoms with van der Waals surface area (Å²) in [5.74, 6) is 3.08. The van der Waals surface area contributed by atoms with Gasteiger partial charge in [-0.1, -0.05) is 174 Å². The normalized spacial score (nSPS) is 17.8. The van der Waals surface area contributed by atoms with E-state index in [9.17, 15) is 0 Å². The number of hydrogen-bond donors (Lipinski definition) is 0. The van der Waals surface area contributed by atoms with Crippen LogP contribution >= 0.6 is 0 Å². The summed E-state index contributed by atoms with van der Waals surface area (Å²) in [5, 5.41) is 2.46. The Morgan fingerprint density at radius 3 is 1.67 bits per heavy atom. The highest BCUT2D eigenvalue weighted by Crippen LogP contribution is 2.64. The molecular formula is C62H55NO. The Morgan fingerprint density at radius 2 is 0.953 bits per heavy atom. The molecule has 0 amide bonds. The van der Waals surface area contributed by atoms with Crippen molar-refractivity contribution in [3.63, 3.8) is 0 Å². The van der Waals surface area contributed by atoms with Gasteiger partial charge in [-0.3, -0.25) is 0 Å². The maximum Gasteiger partial charge on any atom is 0.132 e. The number of fused-ring (bicyclic) bond motifs is 13. The fourth-order valence-corrected chi connectivity index (χ4v) is 13.1. The second-order valence-electron chi connectivity index (χ2n) is 20.0. The number of ether oxygens (including phenoxy) is 1. The molecule has 2 heteroatoms. The number of anilines is 3. The highest BCUT2D eigenvalue weighted by atomic mass is 16.5. The predicted octanol–water partition coefficient (Wildman–Crippen LogP) is 17.2. The standard InChI is InChI=1S/C62H55NO/c1-61(2)52-24-12-11-23-48(52)49-34-30-45(38-54(49)61)63(58-26-15-21-42-20-9-10-22-47(42)58)46-31-35-60-57(39-46)62(53-25-13-14-27-59(53)64-60)55-36-43(40-16-5-3-6-17-40)28-32-50(55)51-33-29-44(37-56(51)62)41-18-7-4-8-19-41/h9-15,20-41H,3-8,16-19H2,1-2H3. The topological polar surface area (TPSA) is 12.5 Å². The first-order chi connectivity index (χ1) is 31.5. The van der Waals surface area contributed by atoms with Crippen LogP contribution in [-0.4, -0.2) is 0 Å². The first-order valence-electron chi connectivity index (χ1n) is 24.2. The van der Waals surface area contributed by atoms with Crippen molar-refractivity contribution in [3.8, 4) is 33.8 Å². The third kappa shape index (κ3) is 5.57. The molecule has 1 spiro atoms. The van der Waals surface area contributed by atoms with E-state index in [2.05, 4.69) is 183 Å². The summed E-state index contributed by atoms with van der Waals surface area (Å²) in [6, 6.07) is 63.1. The van der Waals surface area contributed by atoms with E-state index in [1.54, 1.807) is 0 Å². The van der Waals surface area contributed by atoms with E-state index in [4.69, 9.17) is 4.74 Å². The Morgan fingerprint density at radius 1 is 0.422 bits per heavy atom. The summed E-state index contributed by atoms with van der Waals surface area (Å²) in [5.41, 5.74) is 19.2. The molecule has 0 radical (unpaired) electrons. The zero-order valence-electron chi connectivity index (χ0n) is 37.2. The van der Waals surface area contributed by atoms with Crippen LogP contribution in [0, 0.1) is 0 Å². The Bertz CT molecular complexity index is 3080. The van der Waals surface area contributed by atoms with Gasteiger partial charge in [0.2, 0.25) is 0 Å². The number of benzene rings is 8. The molecule has 8 aromatic carbocycles. The lowest BCUT2D eigenvalue weighted by molar-refractivity contribution is 0.433. The molecule has 64 heavy (non-hydrogen) atoms. The number of para-hydroxylation sites is 1. The molecular weight excluding hydrogens is 775 g/mol. The molecule has 0 unspecified atom stereocenters. The highest BCUT2D eigenvalue weighted by molar-refractivity contribution is 6.00. The summed E-state index contributed by atoms with van der Waals surface area (Å²) >= 11 is 0. The van der Waals surface area contributed by atoms with Crippen LogP contribution in [0.15, 0.2) is 164 Å². The van der Waals surface area contributed by atoms with Crippen LogP contribution < -0.4 is 9.64 Å². The lowest BCUT2D eigenvalue weighted by Crippen LogP contribution is -2.33. The molecule has 0 atom stereocenters. The van der Waals surface area contributed by atoms with Crippen molar-refractivity contribution in [3.05, 3.63) is 208 Å². The van der Waals surface area contributed by atoms with Crippen LogP contribution in [0.2, 0.25) is 0 Å². The lowest BCUT2D eigenvalue weighted by Gasteiger charge is -2.41. The molecule has 2 fully saturated rings. The van der Waals surface area contributed by atoms with Gasteiger partial charge >= 0.3 is 0 Å². The summed E-state index contributed by atoms with van der Waals surface area (Å²) in [6.45, 7) is 4.78. The van der Waals surface area contributed by atoms with Crippen LogP contribution in [0.25, 0.3) is 33.0 Å². The van der Waals surface area contributed by atoms with Crippen LogP contribution in [0.5, 0.6) is 11.5 Å². The first-order valence-corrected chi connectivity index (χ1v) is 24.2. The van der Waals surface area contributed by atoms with Crippen molar-refractivity contribution in [1.29, 1.82) is 0 Å². The van der Waals surface area contributed by atoms with Crippen molar-refractivity contribution in [1.82, 2.24) is 0 Å². The molecule has 0 aromatic heterocycles. The molecule has 8 aromatic rings. The molecule has 1 heterocycles. The Labute approximate surface area is 378 Å². The van der Waals surface area contributed by atoms with E-state index >= 15 is 0 Å². The Hall–Kier alpha value is -6.38. The van der Waals surface area contributed by atoms with Gasteiger partial charge in [-0.05, 0) is 141 Å². The van der Waals surface area contributed by atoms with Gasteiger partial charge < -0.3 is 9.64 Å². The number of nitrogens with zero attached hydrogens (tertiary/aromatic N) is 1. The van der Waals surface area contributed by atoms with E-state index in [1.807, 2.05) is 0 Å². The maximum atomic E-state index is 7.11. The smallest absolute Gasteiger partial charge is 0.132 e. The minimum Gasteiger partial charge on any atom is -0.457 e. The highest BCUT2D eigenvalue weighted by Gasteiger charge is 2.52. The second-order valence-corrected chi connectivity index (χ2v) is 20.0. The van der Waals surface area contributed by atoms with Gasteiger partial charge in [-0.2, -0.15) is 0 Å². The first kappa shape index (κ1) is 38.1. The third-order valence-corrected chi connectivity index (χ3v) is 16.3. The van der Waals surface area contributed by atoms with Gasteiger partial charge in [-0.25, -0.2) is 0 Å². The molecule has 5 aliphatic rings. The molecule has 2 nitrogen and oxygen atoms in total. The van der Waals surface area contributed by atoms with Gasteiger partial charge in [0, 0.05) is 33.3 Å². The lowest BCUT2D eigenvalue weighted by atomic mass is 9.65. The monoisotopic (exact) mass is 829 g/mol. The summed E-state index contributed by atoms with van der Waals surface area (Å²) in [4.78, 5) is 2.53. The van der Waals surface area contributed by atoms with Crippen molar-refractivity contribution in [2.24, 2.45) is 0 Å². The van der Waals surface area contributed by atoms with Gasteiger partial charge in [0.25, 0.3) is 0 Å². The molecule has 0 N–H and O–H groups in total. The van der Waals surface area contributed by atoms with Crippen LogP contribution in [0.3, 0.4) is 0 Å². The quantitative estimate of drug-likeness (QED) is 0.171. The van der Waals surface area contributed by atoms with Crippen molar-refractivity contribution >= 4 is 27.8 Å². The van der Waals surface area contributed by atoms with E-state index in [0.29, 0.717) is 11.8 Å². The number of hydrogen-bond acceptors (Lipinski definition) is 2. The molecule has 2 saturated carbocycles. The maximum absolute atomic E-state index is 7.11. The average Bonchev–Trinajstić information content (AvgIpc) is 3.76. The molecule has 4 aliphatic carbocycles. The summed E-state index contributed by atoms with van der Waals surface area (Å²) in [6.07, 6.45) is 13.1. The molecule has 1 aliphatic heterocycles.